The number of nitrogens with zero attached hydrogens (tertiary/aromatic N) is 1. The third-order valence-corrected chi connectivity index (χ3v) is 6.69. The fourth-order valence-electron chi connectivity index (χ4n) is 4.20. The third-order valence-electron chi connectivity index (χ3n) is 5.68. The Morgan fingerprint density at radius 1 is 1.00 bits per heavy atom. The Morgan fingerprint density at radius 2 is 1.80 bits per heavy atom. The quantitative estimate of drug-likeness (QED) is 0.524. The standard InChI is InChI=1S/C25H23N3OS/c29-24(15-20-11-6-10-19-9-4-5-12-21(19)20)27-25-26-22-13-14-28(17-23(22)30-25)16-18-7-2-1-3-8-18/h1-12H,13-17H2,(H,26,27,29)/p+1. The Bertz CT molecular complexity index is 1180. The number of anilines is 1. The molecule has 0 saturated heterocycles. The maximum Gasteiger partial charge on any atom is 0.230 e. The molecular weight excluding hydrogens is 390 g/mol. The van der Waals surface area contributed by atoms with Gasteiger partial charge in [-0.3, -0.25) is 4.79 Å². The Morgan fingerprint density at radius 3 is 2.70 bits per heavy atom. The molecule has 1 aromatic heterocycles. The van der Waals surface area contributed by atoms with E-state index in [1.54, 1.807) is 16.2 Å². The monoisotopic (exact) mass is 414 g/mol. The van der Waals surface area contributed by atoms with Crippen molar-refractivity contribution in [3.8, 4) is 0 Å². The minimum atomic E-state index is -0.00839. The molecular formula is C25H24N3OS+. The molecule has 0 radical (unpaired) electrons. The van der Waals surface area contributed by atoms with Crippen molar-refractivity contribution in [1.29, 1.82) is 0 Å². The van der Waals surface area contributed by atoms with E-state index in [-0.39, 0.29) is 5.91 Å². The predicted molar refractivity (Wildman–Crippen MR) is 122 cm³/mol. The van der Waals surface area contributed by atoms with Crippen LogP contribution in [0, 0.1) is 0 Å². The molecule has 1 aliphatic rings. The number of rotatable bonds is 5. The molecule has 4 aromatic rings. The van der Waals surface area contributed by atoms with Gasteiger partial charge in [-0.1, -0.05) is 84.1 Å². The van der Waals surface area contributed by atoms with Crippen LogP contribution in [0.2, 0.25) is 0 Å². The van der Waals surface area contributed by atoms with Gasteiger partial charge in [0.15, 0.2) is 5.13 Å². The summed E-state index contributed by atoms with van der Waals surface area (Å²) >= 11 is 1.63. The van der Waals surface area contributed by atoms with Crippen molar-refractivity contribution in [2.24, 2.45) is 0 Å². The fourth-order valence-corrected chi connectivity index (χ4v) is 5.30. The largest absolute Gasteiger partial charge is 0.326 e. The predicted octanol–water partition coefficient (Wildman–Crippen LogP) is 3.62. The molecule has 1 amide bonds. The lowest BCUT2D eigenvalue weighted by atomic mass is 10.0. The van der Waals surface area contributed by atoms with Crippen LogP contribution < -0.4 is 10.2 Å². The van der Waals surface area contributed by atoms with Crippen LogP contribution in [-0.4, -0.2) is 17.4 Å². The van der Waals surface area contributed by atoms with E-state index in [0.717, 1.165) is 53.2 Å². The second-order valence-corrected chi connectivity index (χ2v) is 8.92. The van der Waals surface area contributed by atoms with Gasteiger partial charge in [-0.05, 0) is 16.3 Å². The lowest BCUT2D eigenvalue weighted by molar-refractivity contribution is -0.929. The molecule has 5 heteroatoms. The molecule has 0 aliphatic carbocycles. The fraction of sp³-hybridized carbons (Fsp3) is 0.200. The van der Waals surface area contributed by atoms with E-state index >= 15 is 0 Å². The van der Waals surface area contributed by atoms with E-state index < -0.39 is 0 Å². The van der Waals surface area contributed by atoms with Gasteiger partial charge in [0.2, 0.25) is 5.91 Å². The van der Waals surface area contributed by atoms with Crippen molar-refractivity contribution in [2.75, 3.05) is 11.9 Å². The lowest BCUT2D eigenvalue weighted by Crippen LogP contribution is -3.10. The number of amides is 1. The highest BCUT2D eigenvalue weighted by atomic mass is 32.1. The summed E-state index contributed by atoms with van der Waals surface area (Å²) in [6.45, 7) is 3.08. The minimum absolute atomic E-state index is 0.00839. The third kappa shape index (κ3) is 4.13. The van der Waals surface area contributed by atoms with E-state index in [1.165, 1.54) is 10.4 Å². The molecule has 5 rings (SSSR count). The lowest BCUT2D eigenvalue weighted by Gasteiger charge is -2.22. The van der Waals surface area contributed by atoms with Crippen LogP contribution in [0.1, 0.15) is 21.7 Å². The van der Waals surface area contributed by atoms with Gasteiger partial charge >= 0.3 is 0 Å². The molecule has 4 nitrogen and oxygen atoms in total. The van der Waals surface area contributed by atoms with Gasteiger partial charge in [0, 0.05) is 12.0 Å². The summed E-state index contributed by atoms with van der Waals surface area (Å²) in [4.78, 5) is 20.2. The highest BCUT2D eigenvalue weighted by molar-refractivity contribution is 7.15. The molecule has 150 valence electrons. The smallest absolute Gasteiger partial charge is 0.230 e. The minimum Gasteiger partial charge on any atom is -0.326 e. The average Bonchev–Trinajstić information content (AvgIpc) is 3.16. The summed E-state index contributed by atoms with van der Waals surface area (Å²) in [7, 11) is 0. The molecule has 30 heavy (non-hydrogen) atoms. The van der Waals surface area contributed by atoms with Gasteiger partial charge in [-0.25, -0.2) is 4.98 Å². The number of fused-ring (bicyclic) bond motifs is 2. The number of hydrogen-bond acceptors (Lipinski definition) is 3. The van der Waals surface area contributed by atoms with Crippen molar-refractivity contribution in [1.82, 2.24) is 4.98 Å². The molecule has 0 spiro atoms. The first-order valence-corrected chi connectivity index (χ1v) is 11.2. The van der Waals surface area contributed by atoms with Crippen molar-refractivity contribution in [3.05, 3.63) is 94.5 Å². The number of benzene rings is 3. The van der Waals surface area contributed by atoms with Crippen LogP contribution in [-0.2, 0) is 30.7 Å². The van der Waals surface area contributed by atoms with Gasteiger partial charge < -0.3 is 10.2 Å². The van der Waals surface area contributed by atoms with Gasteiger partial charge in [0.05, 0.1) is 23.5 Å². The summed E-state index contributed by atoms with van der Waals surface area (Å²) in [5.41, 5.74) is 3.56. The second kappa shape index (κ2) is 8.38. The number of carbonyl (C=O) groups excluding carboxylic acids is 1. The summed E-state index contributed by atoms with van der Waals surface area (Å²) in [5, 5.41) is 6.06. The van der Waals surface area contributed by atoms with E-state index in [1.807, 2.05) is 24.3 Å². The van der Waals surface area contributed by atoms with E-state index in [0.29, 0.717) is 6.42 Å². The Labute approximate surface area is 180 Å². The topological polar surface area (TPSA) is 46.4 Å². The van der Waals surface area contributed by atoms with Crippen molar-refractivity contribution in [3.63, 3.8) is 0 Å². The Balaban J connectivity index is 1.25. The number of aromatic nitrogens is 1. The summed E-state index contributed by atoms with van der Waals surface area (Å²) in [6.07, 6.45) is 1.32. The van der Waals surface area contributed by atoms with E-state index in [4.69, 9.17) is 4.98 Å². The van der Waals surface area contributed by atoms with E-state index in [9.17, 15) is 4.79 Å². The molecule has 0 saturated carbocycles. The highest BCUT2D eigenvalue weighted by Gasteiger charge is 2.24. The van der Waals surface area contributed by atoms with Crippen LogP contribution in [0.5, 0.6) is 0 Å². The zero-order chi connectivity index (χ0) is 20.3. The zero-order valence-corrected chi connectivity index (χ0v) is 17.5. The first kappa shape index (κ1) is 19.0. The second-order valence-electron chi connectivity index (χ2n) is 7.84. The molecule has 1 atom stereocenters. The van der Waals surface area contributed by atoms with Crippen LogP contribution in [0.4, 0.5) is 5.13 Å². The number of quaternary nitrogens is 1. The maximum atomic E-state index is 12.7. The number of nitrogens with one attached hydrogen (secondary N) is 2. The number of hydrogen-bond donors (Lipinski definition) is 2. The van der Waals surface area contributed by atoms with Crippen LogP contribution in [0.25, 0.3) is 10.8 Å². The molecule has 0 bridgehead atoms. The summed E-state index contributed by atoms with van der Waals surface area (Å²) in [6, 6.07) is 24.9. The first-order valence-electron chi connectivity index (χ1n) is 10.4. The van der Waals surface area contributed by atoms with Crippen molar-refractivity contribution >= 4 is 33.1 Å². The average molecular weight is 415 g/mol. The van der Waals surface area contributed by atoms with Gasteiger partial charge in [-0.15, -0.1) is 0 Å². The highest BCUT2D eigenvalue weighted by Crippen LogP contribution is 2.25. The molecule has 3 aromatic carbocycles. The van der Waals surface area contributed by atoms with Crippen LogP contribution >= 0.6 is 11.3 Å². The SMILES string of the molecule is O=C(Cc1cccc2ccccc12)Nc1nc2c(s1)C[NH+](Cc1ccccc1)CC2. The van der Waals surface area contributed by atoms with Gasteiger partial charge in [0.25, 0.3) is 0 Å². The van der Waals surface area contributed by atoms with Gasteiger partial charge in [0.1, 0.15) is 13.1 Å². The van der Waals surface area contributed by atoms with Crippen LogP contribution in [0.15, 0.2) is 72.8 Å². The van der Waals surface area contributed by atoms with Gasteiger partial charge in [-0.2, -0.15) is 0 Å². The molecule has 2 heterocycles. The molecule has 2 N–H and O–H groups in total. The summed E-state index contributed by atoms with van der Waals surface area (Å²) < 4.78 is 0. The molecule has 1 aliphatic heterocycles. The Hall–Kier alpha value is -3.02. The molecule has 0 fully saturated rings. The number of carbonyl (C=O) groups is 1. The zero-order valence-electron chi connectivity index (χ0n) is 16.7. The van der Waals surface area contributed by atoms with E-state index in [2.05, 4.69) is 53.8 Å². The van der Waals surface area contributed by atoms with Crippen molar-refractivity contribution in [2.45, 2.75) is 25.9 Å². The first-order chi connectivity index (χ1) is 14.7. The van der Waals surface area contributed by atoms with Crippen molar-refractivity contribution < 1.29 is 9.69 Å². The normalized spacial score (nSPS) is 15.7. The Kier molecular flexibility index (Phi) is 5.30. The molecule has 1 unspecified atom stereocenters. The number of thiazole rings is 1. The summed E-state index contributed by atoms with van der Waals surface area (Å²) in [5.74, 6) is -0.00839. The van der Waals surface area contributed by atoms with Crippen LogP contribution in [0.3, 0.4) is 0 Å². The maximum absolute atomic E-state index is 12.7.